The molecule has 4 heteroatoms. The van der Waals surface area contributed by atoms with Crippen LogP contribution in [-0.2, 0) is 0 Å². The summed E-state index contributed by atoms with van der Waals surface area (Å²) in [4.78, 5) is 15.8. The van der Waals surface area contributed by atoms with Gasteiger partial charge in [0.2, 0.25) is 0 Å². The minimum absolute atomic E-state index is 0.210. The van der Waals surface area contributed by atoms with Crippen LogP contribution in [0.15, 0.2) is 11.7 Å². The molecular formula is C7H9NOS2. The maximum absolute atomic E-state index is 11.2. The Balaban J connectivity index is 2.43. The van der Waals surface area contributed by atoms with Gasteiger partial charge in [-0.15, -0.1) is 11.3 Å². The van der Waals surface area contributed by atoms with Crippen LogP contribution in [-0.4, -0.2) is 22.8 Å². The maximum Gasteiger partial charge on any atom is 0.175 e. The summed E-state index contributed by atoms with van der Waals surface area (Å²) in [5.74, 6) is 1.11. The second-order valence-electron chi connectivity index (χ2n) is 2.03. The fourth-order valence-corrected chi connectivity index (χ4v) is 1.65. The van der Waals surface area contributed by atoms with Gasteiger partial charge in [0.05, 0.1) is 10.4 Å². The van der Waals surface area contributed by atoms with Crippen molar-refractivity contribution < 1.29 is 4.79 Å². The van der Waals surface area contributed by atoms with Crippen molar-refractivity contribution in [1.29, 1.82) is 0 Å². The van der Waals surface area contributed by atoms with E-state index in [-0.39, 0.29) is 5.78 Å². The summed E-state index contributed by atoms with van der Waals surface area (Å²) in [6, 6.07) is 0. The van der Waals surface area contributed by atoms with Crippen molar-refractivity contribution in [3.63, 3.8) is 0 Å². The Morgan fingerprint density at radius 2 is 2.64 bits per heavy atom. The van der Waals surface area contributed by atoms with Crippen LogP contribution in [0.4, 0.5) is 0 Å². The number of thiazole rings is 1. The van der Waals surface area contributed by atoms with E-state index < -0.39 is 0 Å². The first kappa shape index (κ1) is 8.74. The van der Waals surface area contributed by atoms with Crippen molar-refractivity contribution in [3.05, 3.63) is 16.6 Å². The molecule has 0 amide bonds. The standard InChI is InChI=1S/C7H9NOS2/c1-10-3-2-6(9)7-4-8-5-11-7/h4-5H,2-3H2,1H3. The third-order valence-electron chi connectivity index (χ3n) is 1.24. The predicted molar refractivity (Wildman–Crippen MR) is 49.4 cm³/mol. The Bertz CT molecular complexity index is 220. The molecular weight excluding hydrogens is 178 g/mol. The molecule has 0 aliphatic heterocycles. The topological polar surface area (TPSA) is 30.0 Å². The third kappa shape index (κ3) is 2.63. The zero-order valence-corrected chi connectivity index (χ0v) is 7.87. The molecule has 0 radical (unpaired) electrons. The van der Waals surface area contributed by atoms with Gasteiger partial charge in [-0.1, -0.05) is 0 Å². The highest BCUT2D eigenvalue weighted by Gasteiger charge is 2.05. The Kier molecular flexibility index (Phi) is 3.59. The summed E-state index contributed by atoms with van der Waals surface area (Å²) in [7, 11) is 0. The molecule has 0 bridgehead atoms. The minimum Gasteiger partial charge on any atom is -0.293 e. The predicted octanol–water partition coefficient (Wildman–Crippen LogP) is 2.08. The second kappa shape index (κ2) is 4.51. The number of rotatable bonds is 4. The van der Waals surface area contributed by atoms with E-state index in [1.54, 1.807) is 23.5 Å². The first-order valence-corrected chi connectivity index (χ1v) is 5.52. The summed E-state index contributed by atoms with van der Waals surface area (Å²) >= 11 is 3.10. The van der Waals surface area contributed by atoms with E-state index in [4.69, 9.17) is 0 Å². The molecule has 0 aliphatic rings. The van der Waals surface area contributed by atoms with Crippen molar-refractivity contribution >= 4 is 28.9 Å². The third-order valence-corrected chi connectivity index (χ3v) is 2.67. The number of Topliss-reactive ketones (excluding diaryl/α,β-unsaturated/α-hetero) is 1. The number of carbonyl (C=O) groups is 1. The van der Waals surface area contributed by atoms with Crippen LogP contribution >= 0.6 is 23.1 Å². The highest BCUT2D eigenvalue weighted by atomic mass is 32.2. The Morgan fingerprint density at radius 3 is 3.18 bits per heavy atom. The van der Waals surface area contributed by atoms with Gasteiger partial charge >= 0.3 is 0 Å². The van der Waals surface area contributed by atoms with Crippen LogP contribution < -0.4 is 0 Å². The van der Waals surface area contributed by atoms with Gasteiger partial charge in [0, 0.05) is 18.4 Å². The van der Waals surface area contributed by atoms with Crippen LogP contribution in [0.1, 0.15) is 16.1 Å². The van der Waals surface area contributed by atoms with Gasteiger partial charge in [-0.3, -0.25) is 9.78 Å². The molecule has 60 valence electrons. The molecule has 0 fully saturated rings. The molecule has 0 spiro atoms. The van der Waals surface area contributed by atoms with Gasteiger partial charge in [0.25, 0.3) is 0 Å². The van der Waals surface area contributed by atoms with Gasteiger partial charge in [0.15, 0.2) is 5.78 Å². The van der Waals surface area contributed by atoms with Gasteiger partial charge in [-0.25, -0.2) is 0 Å². The fraction of sp³-hybridized carbons (Fsp3) is 0.429. The minimum atomic E-state index is 0.210. The molecule has 0 aromatic carbocycles. The van der Waals surface area contributed by atoms with Crippen molar-refractivity contribution in [2.24, 2.45) is 0 Å². The molecule has 0 unspecified atom stereocenters. The van der Waals surface area contributed by atoms with Gasteiger partial charge in [0.1, 0.15) is 0 Å². The van der Waals surface area contributed by atoms with Gasteiger partial charge in [-0.05, 0) is 6.26 Å². The molecule has 2 nitrogen and oxygen atoms in total. The number of thioether (sulfide) groups is 1. The Hall–Kier alpha value is -0.350. The number of hydrogen-bond donors (Lipinski definition) is 0. The summed E-state index contributed by atoms with van der Waals surface area (Å²) in [5.41, 5.74) is 1.69. The molecule has 0 N–H and O–H groups in total. The number of ketones is 1. The van der Waals surface area contributed by atoms with Gasteiger partial charge in [-0.2, -0.15) is 11.8 Å². The van der Waals surface area contributed by atoms with E-state index in [0.29, 0.717) is 6.42 Å². The summed E-state index contributed by atoms with van der Waals surface area (Å²) in [6.45, 7) is 0. The lowest BCUT2D eigenvalue weighted by Crippen LogP contribution is -1.96. The molecule has 0 aliphatic carbocycles. The smallest absolute Gasteiger partial charge is 0.175 e. The van der Waals surface area contributed by atoms with Crippen LogP contribution in [0.25, 0.3) is 0 Å². The van der Waals surface area contributed by atoms with Crippen molar-refractivity contribution in [2.45, 2.75) is 6.42 Å². The lowest BCUT2D eigenvalue weighted by molar-refractivity contribution is 0.0993. The van der Waals surface area contributed by atoms with Crippen molar-refractivity contribution in [1.82, 2.24) is 4.98 Å². The molecule has 0 saturated carbocycles. The monoisotopic (exact) mass is 187 g/mol. The maximum atomic E-state index is 11.2. The van der Waals surface area contributed by atoms with E-state index in [1.165, 1.54) is 11.3 Å². The molecule has 11 heavy (non-hydrogen) atoms. The summed E-state index contributed by atoms with van der Waals surface area (Å²) in [6.07, 6.45) is 4.26. The molecule has 1 aromatic heterocycles. The fourth-order valence-electron chi connectivity index (χ4n) is 0.671. The summed E-state index contributed by atoms with van der Waals surface area (Å²) < 4.78 is 0. The average Bonchev–Trinajstić information content (AvgIpc) is 2.52. The zero-order valence-electron chi connectivity index (χ0n) is 6.24. The molecule has 0 atom stereocenters. The molecule has 0 saturated heterocycles. The van der Waals surface area contributed by atoms with E-state index in [1.807, 2.05) is 6.26 Å². The van der Waals surface area contributed by atoms with Crippen LogP contribution in [0, 0.1) is 0 Å². The van der Waals surface area contributed by atoms with Crippen molar-refractivity contribution in [2.75, 3.05) is 12.0 Å². The van der Waals surface area contributed by atoms with Crippen LogP contribution in [0.3, 0.4) is 0 Å². The molecule has 1 aromatic rings. The molecule has 1 heterocycles. The van der Waals surface area contributed by atoms with E-state index >= 15 is 0 Å². The highest BCUT2D eigenvalue weighted by Crippen LogP contribution is 2.10. The lowest BCUT2D eigenvalue weighted by Gasteiger charge is -1.92. The Morgan fingerprint density at radius 1 is 1.82 bits per heavy atom. The quantitative estimate of drug-likeness (QED) is 0.676. The average molecular weight is 187 g/mol. The largest absolute Gasteiger partial charge is 0.293 e. The lowest BCUT2D eigenvalue weighted by atomic mass is 10.3. The van der Waals surface area contributed by atoms with E-state index in [0.717, 1.165) is 10.6 Å². The number of hydrogen-bond acceptors (Lipinski definition) is 4. The highest BCUT2D eigenvalue weighted by molar-refractivity contribution is 7.98. The number of aromatic nitrogens is 1. The van der Waals surface area contributed by atoms with E-state index in [9.17, 15) is 4.79 Å². The number of nitrogens with zero attached hydrogens (tertiary/aromatic N) is 1. The number of carbonyl (C=O) groups excluding carboxylic acids is 1. The van der Waals surface area contributed by atoms with Gasteiger partial charge < -0.3 is 0 Å². The molecule has 1 rings (SSSR count). The van der Waals surface area contributed by atoms with Crippen LogP contribution in [0.5, 0.6) is 0 Å². The van der Waals surface area contributed by atoms with E-state index in [2.05, 4.69) is 4.98 Å². The Labute approximate surface area is 74.0 Å². The summed E-state index contributed by atoms with van der Waals surface area (Å²) in [5, 5.41) is 0. The normalized spacial score (nSPS) is 9.91. The first-order chi connectivity index (χ1) is 5.34. The SMILES string of the molecule is CSCCC(=O)c1cncs1. The first-order valence-electron chi connectivity index (χ1n) is 3.25. The van der Waals surface area contributed by atoms with Crippen molar-refractivity contribution in [3.8, 4) is 0 Å². The second-order valence-corrected chi connectivity index (χ2v) is 3.90. The van der Waals surface area contributed by atoms with Crippen LogP contribution in [0.2, 0.25) is 0 Å². The zero-order chi connectivity index (χ0) is 8.10.